The SMILES string of the molecule is COc1cc2c(c(OC)c1OC)C(COCCO)SCC(C)C2. The Morgan fingerprint density at radius 3 is 2.52 bits per heavy atom. The molecule has 0 aliphatic carbocycles. The molecule has 2 atom stereocenters. The maximum absolute atomic E-state index is 8.95. The molecule has 1 aromatic carbocycles. The molecule has 0 fully saturated rings. The fourth-order valence-electron chi connectivity index (χ4n) is 2.94. The van der Waals surface area contributed by atoms with Crippen molar-refractivity contribution in [3.63, 3.8) is 0 Å². The van der Waals surface area contributed by atoms with E-state index >= 15 is 0 Å². The molecule has 0 amide bonds. The third-order valence-corrected chi connectivity index (χ3v) is 5.47. The van der Waals surface area contributed by atoms with E-state index in [1.807, 2.05) is 11.8 Å². The van der Waals surface area contributed by atoms with Crippen LogP contribution in [0.1, 0.15) is 23.3 Å². The van der Waals surface area contributed by atoms with Gasteiger partial charge in [0.25, 0.3) is 0 Å². The monoisotopic (exact) mass is 342 g/mol. The lowest BCUT2D eigenvalue weighted by Crippen LogP contribution is -2.11. The summed E-state index contributed by atoms with van der Waals surface area (Å²) < 4.78 is 22.3. The minimum Gasteiger partial charge on any atom is -0.493 e. The minimum absolute atomic E-state index is 0.0315. The molecule has 5 nitrogen and oxygen atoms in total. The maximum Gasteiger partial charge on any atom is 0.203 e. The van der Waals surface area contributed by atoms with Gasteiger partial charge in [-0.15, -0.1) is 0 Å². The van der Waals surface area contributed by atoms with Gasteiger partial charge in [0.2, 0.25) is 5.75 Å². The van der Waals surface area contributed by atoms with Crippen LogP contribution in [-0.2, 0) is 11.2 Å². The van der Waals surface area contributed by atoms with Crippen molar-refractivity contribution in [2.24, 2.45) is 5.92 Å². The van der Waals surface area contributed by atoms with Crippen molar-refractivity contribution in [1.82, 2.24) is 0 Å². The molecule has 0 saturated carbocycles. The second-order valence-electron chi connectivity index (χ2n) is 5.65. The Morgan fingerprint density at radius 2 is 1.91 bits per heavy atom. The predicted molar refractivity (Wildman–Crippen MR) is 92.1 cm³/mol. The van der Waals surface area contributed by atoms with E-state index < -0.39 is 0 Å². The van der Waals surface area contributed by atoms with Gasteiger partial charge in [0.1, 0.15) is 0 Å². The number of thioether (sulfide) groups is 1. The largest absolute Gasteiger partial charge is 0.493 e. The molecule has 0 bridgehead atoms. The number of aliphatic hydroxyl groups excluding tert-OH is 1. The first-order chi connectivity index (χ1) is 11.2. The van der Waals surface area contributed by atoms with Gasteiger partial charge >= 0.3 is 0 Å². The second-order valence-corrected chi connectivity index (χ2v) is 6.88. The third-order valence-electron chi connectivity index (χ3n) is 3.93. The number of fused-ring (bicyclic) bond motifs is 1. The molecule has 1 aliphatic heterocycles. The molecule has 1 heterocycles. The lowest BCUT2D eigenvalue weighted by molar-refractivity contribution is 0.0928. The van der Waals surface area contributed by atoms with Crippen molar-refractivity contribution < 1.29 is 24.1 Å². The molecule has 0 radical (unpaired) electrons. The van der Waals surface area contributed by atoms with Crippen LogP contribution in [-0.4, -0.2) is 52.0 Å². The summed E-state index contributed by atoms with van der Waals surface area (Å²) in [5, 5.41) is 9.10. The minimum atomic E-state index is 0.0315. The first kappa shape index (κ1) is 18.2. The van der Waals surface area contributed by atoms with Crippen LogP contribution in [0.4, 0.5) is 0 Å². The lowest BCUT2D eigenvalue weighted by atomic mass is 9.94. The molecule has 130 valence electrons. The Labute approximate surface area is 142 Å². The fourth-order valence-corrected chi connectivity index (χ4v) is 4.23. The number of aliphatic hydroxyl groups is 1. The molecule has 0 saturated heterocycles. The van der Waals surface area contributed by atoms with Crippen LogP contribution in [0, 0.1) is 5.92 Å². The highest BCUT2D eigenvalue weighted by Gasteiger charge is 2.30. The zero-order chi connectivity index (χ0) is 16.8. The lowest BCUT2D eigenvalue weighted by Gasteiger charge is -2.23. The van der Waals surface area contributed by atoms with Crippen LogP contribution in [0.5, 0.6) is 17.2 Å². The van der Waals surface area contributed by atoms with Crippen LogP contribution in [0.15, 0.2) is 6.07 Å². The smallest absolute Gasteiger partial charge is 0.203 e. The van der Waals surface area contributed by atoms with E-state index in [1.165, 1.54) is 5.56 Å². The van der Waals surface area contributed by atoms with Crippen molar-refractivity contribution >= 4 is 11.8 Å². The highest BCUT2D eigenvalue weighted by atomic mass is 32.2. The average Bonchev–Trinajstić information content (AvgIpc) is 2.71. The number of methoxy groups -OCH3 is 3. The zero-order valence-electron chi connectivity index (χ0n) is 14.3. The summed E-state index contributed by atoms with van der Waals surface area (Å²) >= 11 is 1.86. The summed E-state index contributed by atoms with van der Waals surface area (Å²) in [6.45, 7) is 3.16. The molecule has 1 aliphatic rings. The van der Waals surface area contributed by atoms with E-state index in [4.69, 9.17) is 24.1 Å². The number of benzene rings is 1. The van der Waals surface area contributed by atoms with Crippen LogP contribution in [0.25, 0.3) is 0 Å². The molecule has 23 heavy (non-hydrogen) atoms. The van der Waals surface area contributed by atoms with Crippen molar-refractivity contribution in [2.45, 2.75) is 18.6 Å². The summed E-state index contributed by atoms with van der Waals surface area (Å²) in [6, 6.07) is 2.05. The van der Waals surface area contributed by atoms with Crippen molar-refractivity contribution in [1.29, 1.82) is 0 Å². The van der Waals surface area contributed by atoms with Gasteiger partial charge in [-0.2, -0.15) is 11.8 Å². The number of hydrogen-bond donors (Lipinski definition) is 1. The molecule has 1 N–H and O–H groups in total. The fraction of sp³-hybridized carbons (Fsp3) is 0.647. The second kappa shape index (κ2) is 8.66. The quantitative estimate of drug-likeness (QED) is 0.769. The first-order valence-electron chi connectivity index (χ1n) is 7.78. The molecule has 0 spiro atoms. The van der Waals surface area contributed by atoms with E-state index in [9.17, 15) is 0 Å². The van der Waals surface area contributed by atoms with Gasteiger partial charge in [0.15, 0.2) is 11.5 Å². The summed E-state index contributed by atoms with van der Waals surface area (Å²) in [5.41, 5.74) is 2.34. The van der Waals surface area contributed by atoms with Gasteiger partial charge < -0.3 is 24.1 Å². The zero-order valence-corrected chi connectivity index (χ0v) is 15.1. The first-order valence-corrected chi connectivity index (χ1v) is 8.83. The molecule has 2 rings (SSSR count). The highest BCUT2D eigenvalue weighted by Crippen LogP contribution is 2.50. The van der Waals surface area contributed by atoms with E-state index in [2.05, 4.69) is 13.0 Å². The van der Waals surface area contributed by atoms with Crippen LogP contribution < -0.4 is 14.2 Å². The van der Waals surface area contributed by atoms with Gasteiger partial charge in [-0.1, -0.05) is 6.92 Å². The van der Waals surface area contributed by atoms with Gasteiger partial charge in [0.05, 0.1) is 46.4 Å². The summed E-state index contributed by atoms with van der Waals surface area (Å²) in [5.74, 6) is 3.65. The van der Waals surface area contributed by atoms with Gasteiger partial charge in [0, 0.05) is 5.56 Å². The van der Waals surface area contributed by atoms with Crippen molar-refractivity contribution in [3.05, 3.63) is 17.2 Å². The Bertz CT molecular complexity index is 520. The standard InChI is InChI=1S/C17H26O5S/c1-11-7-12-8-13(19-2)16(20-3)17(21-4)15(12)14(23-10-11)9-22-6-5-18/h8,11,14,18H,5-7,9-10H2,1-4H3. The van der Waals surface area contributed by atoms with Crippen LogP contribution in [0.3, 0.4) is 0 Å². The molecular formula is C17H26O5S. The average molecular weight is 342 g/mol. The number of hydrogen-bond acceptors (Lipinski definition) is 6. The molecule has 0 aromatic heterocycles. The topological polar surface area (TPSA) is 57.2 Å². The normalized spacial score (nSPS) is 20.6. The predicted octanol–water partition coefficient (Wildman–Crippen LogP) is 2.69. The maximum atomic E-state index is 8.95. The van der Waals surface area contributed by atoms with Crippen molar-refractivity contribution in [3.8, 4) is 17.2 Å². The number of rotatable bonds is 7. The van der Waals surface area contributed by atoms with Crippen LogP contribution >= 0.6 is 11.8 Å². The van der Waals surface area contributed by atoms with E-state index in [0.717, 1.165) is 23.5 Å². The highest BCUT2D eigenvalue weighted by molar-refractivity contribution is 7.99. The van der Waals surface area contributed by atoms with Gasteiger partial charge in [-0.3, -0.25) is 0 Å². The van der Waals surface area contributed by atoms with Crippen molar-refractivity contribution in [2.75, 3.05) is 46.9 Å². The van der Waals surface area contributed by atoms with Gasteiger partial charge in [-0.05, 0) is 29.7 Å². The molecular weight excluding hydrogens is 316 g/mol. The Morgan fingerprint density at radius 1 is 1.17 bits per heavy atom. The van der Waals surface area contributed by atoms with Crippen LogP contribution in [0.2, 0.25) is 0 Å². The van der Waals surface area contributed by atoms with E-state index in [1.54, 1.807) is 21.3 Å². The van der Waals surface area contributed by atoms with E-state index in [-0.39, 0.29) is 11.9 Å². The third kappa shape index (κ3) is 4.05. The summed E-state index contributed by atoms with van der Waals surface area (Å²) in [4.78, 5) is 0. The Hall–Kier alpha value is -1.11. The summed E-state index contributed by atoms with van der Waals surface area (Å²) in [6.07, 6.45) is 0.968. The van der Waals surface area contributed by atoms with E-state index in [0.29, 0.717) is 30.6 Å². The Balaban J connectivity index is 2.49. The molecule has 2 unspecified atom stereocenters. The number of ether oxygens (including phenoxy) is 4. The molecule has 6 heteroatoms. The Kier molecular flexibility index (Phi) is 6.87. The molecule has 1 aromatic rings. The van der Waals surface area contributed by atoms with Gasteiger partial charge in [-0.25, -0.2) is 0 Å². The summed E-state index contributed by atoms with van der Waals surface area (Å²) in [7, 11) is 4.92.